The van der Waals surface area contributed by atoms with Gasteiger partial charge in [-0.25, -0.2) is 0 Å². The van der Waals surface area contributed by atoms with Gasteiger partial charge in [-0.15, -0.1) is 0 Å². The normalized spacial score (nSPS) is 16.1. The van der Waals surface area contributed by atoms with Crippen molar-refractivity contribution in [1.29, 1.82) is 0 Å². The summed E-state index contributed by atoms with van der Waals surface area (Å²) in [7, 11) is 2.14. The maximum absolute atomic E-state index is 12.4. The zero-order valence-electron chi connectivity index (χ0n) is 16.0. The number of hydrogen-bond donors (Lipinski definition) is 1. The van der Waals surface area contributed by atoms with Crippen LogP contribution in [0.3, 0.4) is 0 Å². The molecule has 0 saturated carbocycles. The van der Waals surface area contributed by atoms with Crippen molar-refractivity contribution in [1.82, 2.24) is 4.90 Å². The molecule has 0 unspecified atom stereocenters. The number of benzene rings is 2. The van der Waals surface area contributed by atoms with Gasteiger partial charge in [-0.1, -0.05) is 11.6 Å². The largest absolute Gasteiger partial charge is 0.481 e. The molecule has 144 valence electrons. The number of nitrogens with one attached hydrogen (secondary N) is 1. The molecular weight excluding hydrogens is 362 g/mol. The molecule has 6 heteroatoms. The first-order valence-electron chi connectivity index (χ1n) is 9.19. The second-order valence-corrected chi connectivity index (χ2v) is 7.40. The molecule has 27 heavy (non-hydrogen) atoms. The first-order valence-corrected chi connectivity index (χ1v) is 9.57. The second-order valence-electron chi connectivity index (χ2n) is 7.00. The van der Waals surface area contributed by atoms with Crippen LogP contribution >= 0.6 is 11.6 Å². The highest BCUT2D eigenvalue weighted by Crippen LogP contribution is 2.23. The zero-order chi connectivity index (χ0) is 19.4. The highest BCUT2D eigenvalue weighted by Gasteiger charge is 2.17. The monoisotopic (exact) mass is 387 g/mol. The molecule has 0 aromatic heterocycles. The second kappa shape index (κ2) is 8.63. The van der Waals surface area contributed by atoms with Gasteiger partial charge in [0.2, 0.25) is 0 Å². The summed E-state index contributed by atoms with van der Waals surface area (Å²) in [5.41, 5.74) is 2.86. The van der Waals surface area contributed by atoms with Crippen molar-refractivity contribution in [2.24, 2.45) is 0 Å². The number of nitrogens with zero attached hydrogens (tertiary/aromatic N) is 2. The minimum absolute atomic E-state index is 0.185. The van der Waals surface area contributed by atoms with Gasteiger partial charge in [0, 0.05) is 42.6 Å². The average molecular weight is 388 g/mol. The fourth-order valence-electron chi connectivity index (χ4n) is 3.01. The molecule has 5 nitrogen and oxygen atoms in total. The first kappa shape index (κ1) is 19.5. The van der Waals surface area contributed by atoms with Gasteiger partial charge < -0.3 is 19.9 Å². The van der Waals surface area contributed by atoms with Crippen molar-refractivity contribution in [2.45, 2.75) is 20.0 Å². The topological polar surface area (TPSA) is 44.8 Å². The fourth-order valence-corrected chi connectivity index (χ4v) is 3.13. The van der Waals surface area contributed by atoms with Crippen LogP contribution in [0, 0.1) is 6.92 Å². The number of ether oxygens (including phenoxy) is 1. The average Bonchev–Trinajstić information content (AvgIpc) is 2.66. The molecule has 1 aliphatic heterocycles. The van der Waals surface area contributed by atoms with Crippen LogP contribution in [0.2, 0.25) is 5.02 Å². The molecule has 0 aliphatic carbocycles. The minimum atomic E-state index is -0.608. The van der Waals surface area contributed by atoms with Gasteiger partial charge in [0.05, 0.1) is 0 Å². The molecule has 1 amide bonds. The third kappa shape index (κ3) is 5.15. The van der Waals surface area contributed by atoms with Gasteiger partial charge in [0.25, 0.3) is 5.91 Å². The molecule has 2 aromatic rings. The van der Waals surface area contributed by atoms with E-state index >= 15 is 0 Å². The third-order valence-electron chi connectivity index (χ3n) is 4.81. The zero-order valence-corrected chi connectivity index (χ0v) is 16.8. The van der Waals surface area contributed by atoms with Crippen LogP contribution in [0.4, 0.5) is 11.4 Å². The molecule has 3 rings (SSSR count). The number of aryl methyl sites for hydroxylation is 1. The summed E-state index contributed by atoms with van der Waals surface area (Å²) >= 11 is 6.02. The number of rotatable bonds is 5. The lowest BCUT2D eigenvalue weighted by molar-refractivity contribution is -0.122. The molecule has 1 atom stereocenters. The van der Waals surface area contributed by atoms with E-state index in [1.54, 1.807) is 19.1 Å². The first-order chi connectivity index (χ1) is 12.9. The van der Waals surface area contributed by atoms with Crippen molar-refractivity contribution < 1.29 is 9.53 Å². The smallest absolute Gasteiger partial charge is 0.265 e. The Balaban J connectivity index is 1.56. The number of amides is 1. The Morgan fingerprint density at radius 1 is 1.11 bits per heavy atom. The summed E-state index contributed by atoms with van der Waals surface area (Å²) in [6, 6.07) is 13.3. The Hall–Kier alpha value is -2.24. The third-order valence-corrected chi connectivity index (χ3v) is 5.24. The lowest BCUT2D eigenvalue weighted by atomic mass is 10.2. The van der Waals surface area contributed by atoms with E-state index in [4.69, 9.17) is 16.3 Å². The number of hydrogen-bond acceptors (Lipinski definition) is 4. The predicted molar refractivity (Wildman–Crippen MR) is 111 cm³/mol. The van der Waals surface area contributed by atoms with Crippen molar-refractivity contribution in [3.8, 4) is 5.75 Å². The van der Waals surface area contributed by atoms with E-state index in [2.05, 4.69) is 34.3 Å². The fraction of sp³-hybridized carbons (Fsp3) is 0.381. The number of carbonyl (C=O) groups excluding carboxylic acids is 1. The lowest BCUT2D eigenvalue weighted by Crippen LogP contribution is -2.44. The van der Waals surface area contributed by atoms with Crippen LogP contribution < -0.4 is 15.0 Å². The summed E-state index contributed by atoms with van der Waals surface area (Å²) < 4.78 is 5.73. The van der Waals surface area contributed by atoms with Crippen molar-refractivity contribution in [3.05, 3.63) is 53.1 Å². The summed E-state index contributed by atoms with van der Waals surface area (Å²) in [6.45, 7) is 7.82. The maximum atomic E-state index is 12.4. The van der Waals surface area contributed by atoms with E-state index in [-0.39, 0.29) is 5.91 Å². The van der Waals surface area contributed by atoms with E-state index in [1.807, 2.05) is 25.1 Å². The summed E-state index contributed by atoms with van der Waals surface area (Å²) in [5, 5.41) is 3.59. The lowest BCUT2D eigenvalue weighted by Gasteiger charge is -2.34. The van der Waals surface area contributed by atoms with E-state index in [0.29, 0.717) is 10.8 Å². The Morgan fingerprint density at radius 3 is 2.41 bits per heavy atom. The summed E-state index contributed by atoms with van der Waals surface area (Å²) in [6.07, 6.45) is -0.608. The molecular formula is C21H26ClN3O2. The van der Waals surface area contributed by atoms with Crippen molar-refractivity contribution in [2.75, 3.05) is 43.4 Å². The Kier molecular flexibility index (Phi) is 6.24. The van der Waals surface area contributed by atoms with E-state index < -0.39 is 6.10 Å². The highest BCUT2D eigenvalue weighted by molar-refractivity contribution is 6.31. The van der Waals surface area contributed by atoms with Crippen LogP contribution in [0.25, 0.3) is 0 Å². The van der Waals surface area contributed by atoms with E-state index in [1.165, 1.54) is 5.69 Å². The van der Waals surface area contributed by atoms with E-state index in [0.717, 1.165) is 37.4 Å². The quantitative estimate of drug-likeness (QED) is 0.847. The molecule has 2 aromatic carbocycles. The molecule has 0 bridgehead atoms. The van der Waals surface area contributed by atoms with Gasteiger partial charge in [-0.05, 0) is 68.9 Å². The van der Waals surface area contributed by atoms with Crippen LogP contribution in [-0.2, 0) is 4.79 Å². The highest BCUT2D eigenvalue weighted by atomic mass is 35.5. The standard InChI is InChI=1S/C21H26ClN3O2/c1-15-14-19(8-9-20(15)22)27-16(2)21(26)23-17-4-6-18(7-5-17)25-12-10-24(3)11-13-25/h4-9,14,16H,10-13H2,1-3H3,(H,23,26)/t16-/m0/s1. The minimum Gasteiger partial charge on any atom is -0.481 e. The molecule has 1 saturated heterocycles. The molecule has 1 fully saturated rings. The van der Waals surface area contributed by atoms with Crippen LogP contribution in [-0.4, -0.2) is 50.1 Å². The van der Waals surface area contributed by atoms with Gasteiger partial charge in [-0.3, -0.25) is 4.79 Å². The molecule has 1 aliphatic rings. The molecule has 0 spiro atoms. The van der Waals surface area contributed by atoms with Gasteiger partial charge >= 0.3 is 0 Å². The maximum Gasteiger partial charge on any atom is 0.265 e. The van der Waals surface area contributed by atoms with Gasteiger partial charge in [-0.2, -0.15) is 0 Å². The molecule has 0 radical (unpaired) electrons. The Labute approximate surface area is 165 Å². The number of anilines is 2. The Morgan fingerprint density at radius 2 is 1.78 bits per heavy atom. The SMILES string of the molecule is Cc1cc(O[C@@H](C)C(=O)Nc2ccc(N3CCN(C)CC3)cc2)ccc1Cl. The molecule has 1 heterocycles. The summed E-state index contributed by atoms with van der Waals surface area (Å²) in [4.78, 5) is 17.1. The number of likely N-dealkylation sites (N-methyl/N-ethyl adjacent to an activating group) is 1. The number of piperazine rings is 1. The van der Waals surface area contributed by atoms with Crippen LogP contribution in [0.15, 0.2) is 42.5 Å². The van der Waals surface area contributed by atoms with Gasteiger partial charge in [0.1, 0.15) is 5.75 Å². The van der Waals surface area contributed by atoms with Crippen LogP contribution in [0.1, 0.15) is 12.5 Å². The summed E-state index contributed by atoms with van der Waals surface area (Å²) in [5.74, 6) is 0.444. The van der Waals surface area contributed by atoms with Crippen LogP contribution in [0.5, 0.6) is 5.75 Å². The van der Waals surface area contributed by atoms with E-state index in [9.17, 15) is 4.79 Å². The van der Waals surface area contributed by atoms with Crippen molar-refractivity contribution in [3.63, 3.8) is 0 Å². The number of halogens is 1. The number of carbonyl (C=O) groups is 1. The Bertz CT molecular complexity index is 787. The predicted octanol–water partition coefficient (Wildman–Crippen LogP) is 3.81. The molecule has 1 N–H and O–H groups in total. The van der Waals surface area contributed by atoms with Crippen molar-refractivity contribution >= 4 is 28.9 Å². The van der Waals surface area contributed by atoms with Gasteiger partial charge in [0.15, 0.2) is 6.10 Å².